The van der Waals surface area contributed by atoms with Crippen LogP contribution in [0.2, 0.25) is 0 Å². The minimum absolute atomic E-state index is 0.0387. The number of carboxylic acid groups (broad SMARTS) is 2. The summed E-state index contributed by atoms with van der Waals surface area (Å²) < 4.78 is 5.80. The van der Waals surface area contributed by atoms with E-state index in [1.807, 2.05) is 50.3 Å². The van der Waals surface area contributed by atoms with Crippen LogP contribution >= 0.6 is 11.8 Å². The number of methoxy groups -OCH3 is 1. The van der Waals surface area contributed by atoms with Crippen LogP contribution in [0.25, 0.3) is 0 Å². The van der Waals surface area contributed by atoms with Gasteiger partial charge in [-0.05, 0) is 51.5 Å². The first kappa shape index (κ1) is 59.3. The Morgan fingerprint density at radius 1 is 0.812 bits per heavy atom. The summed E-state index contributed by atoms with van der Waals surface area (Å²) >= 11 is 1.26. The van der Waals surface area contributed by atoms with E-state index in [1.54, 1.807) is 33.1 Å². The molecular formula is C48H74N8O12S. The molecule has 0 aliphatic carbocycles. The monoisotopic (exact) mass is 987 g/mol. The molecule has 0 spiro atoms. The summed E-state index contributed by atoms with van der Waals surface area (Å²) in [6, 6.07) is 0.231. The lowest BCUT2D eigenvalue weighted by molar-refractivity contribution is -0.146. The molecule has 0 aromatic heterocycles. The van der Waals surface area contributed by atoms with Gasteiger partial charge in [0.05, 0.1) is 24.0 Å². The Balaban J connectivity index is 2.64. The molecule has 1 saturated heterocycles. The summed E-state index contributed by atoms with van der Waals surface area (Å²) in [4.78, 5) is 122. The van der Waals surface area contributed by atoms with Crippen LogP contribution < -0.4 is 37.6 Å². The summed E-state index contributed by atoms with van der Waals surface area (Å²) in [7, 11) is 2.97. The number of allylic oxidation sites excluding steroid dienone is 2. The van der Waals surface area contributed by atoms with Crippen molar-refractivity contribution in [3.05, 3.63) is 59.7 Å². The van der Waals surface area contributed by atoms with Crippen molar-refractivity contribution >= 4 is 65.1 Å². The maximum Gasteiger partial charge on any atom is 0.327 e. The van der Waals surface area contributed by atoms with E-state index < -0.39 is 114 Å². The van der Waals surface area contributed by atoms with Crippen molar-refractivity contribution in [3.63, 3.8) is 0 Å². The number of carboxylic acids is 2. The molecule has 21 heteroatoms. The normalized spacial score (nSPS) is 26.9. The van der Waals surface area contributed by atoms with Gasteiger partial charge in [0, 0.05) is 44.5 Å². The van der Waals surface area contributed by atoms with Gasteiger partial charge in [-0.25, -0.2) is 9.59 Å². The van der Waals surface area contributed by atoms with E-state index in [0.29, 0.717) is 12.2 Å². The van der Waals surface area contributed by atoms with Crippen LogP contribution in [0.3, 0.4) is 0 Å². The van der Waals surface area contributed by atoms with Gasteiger partial charge in [-0.1, -0.05) is 88.8 Å². The standard InChI is InChI=1S/C48H74N8O12S/c1-26(2)22-36-45(62)55-40(48(66)67)30(6)42(59)50-31(7)43(60)52-34(17-16-27(3)23-28(4)38(68-10)24-33-14-12-11-13-15-33)29(5)41(58)53-35(47(64)65)18-19-39(57)56(9)37(25-69-21-20-49)46(63)51-32(8)44(61)54-36/h11-17,23,26,28-32,34-38,40H,18-22,24-25,49H2,1-10H3,(H,50,59)(H,51,63)(H,52,60)(H,53,58)(H,54,61)(H,55,62)(H,64,65)(H,66,67)/b17-16+,27-23+. The highest BCUT2D eigenvalue weighted by Gasteiger charge is 2.37. The number of hydrogen-bond donors (Lipinski definition) is 9. The first-order valence-electron chi connectivity index (χ1n) is 23.2. The Kier molecular flexibility index (Phi) is 25.2. The van der Waals surface area contributed by atoms with E-state index in [4.69, 9.17) is 10.5 Å². The molecule has 1 heterocycles. The van der Waals surface area contributed by atoms with Gasteiger partial charge in [-0.15, -0.1) is 0 Å². The zero-order valence-corrected chi connectivity index (χ0v) is 42.2. The smallest absolute Gasteiger partial charge is 0.327 e. The highest BCUT2D eigenvalue weighted by Crippen LogP contribution is 2.19. The molecule has 1 aliphatic rings. The Morgan fingerprint density at radius 2 is 1.41 bits per heavy atom. The molecule has 1 fully saturated rings. The van der Waals surface area contributed by atoms with Gasteiger partial charge in [0.2, 0.25) is 41.4 Å². The van der Waals surface area contributed by atoms with Crippen LogP contribution in [-0.4, -0.2) is 149 Å². The van der Waals surface area contributed by atoms with Crippen LogP contribution in [-0.2, 0) is 54.3 Å². The summed E-state index contributed by atoms with van der Waals surface area (Å²) in [5.41, 5.74) is 7.49. The second kappa shape index (κ2) is 29.3. The fraction of sp³-hybridized carbons (Fsp3) is 0.604. The Morgan fingerprint density at radius 3 is 1.97 bits per heavy atom. The molecular weight excluding hydrogens is 913 g/mol. The second-order valence-corrected chi connectivity index (χ2v) is 19.2. The van der Waals surface area contributed by atoms with Crippen LogP contribution in [0.15, 0.2) is 54.1 Å². The first-order valence-corrected chi connectivity index (χ1v) is 24.3. The number of thioether (sulfide) groups is 1. The summed E-state index contributed by atoms with van der Waals surface area (Å²) in [6.45, 7) is 13.0. The number of amides is 7. The van der Waals surface area contributed by atoms with Crippen molar-refractivity contribution in [3.8, 4) is 0 Å². The number of nitrogens with zero attached hydrogens (tertiary/aromatic N) is 1. The third-order valence-electron chi connectivity index (χ3n) is 11.8. The van der Waals surface area contributed by atoms with E-state index in [1.165, 1.54) is 46.5 Å². The summed E-state index contributed by atoms with van der Waals surface area (Å²) in [5, 5.41) is 35.6. The third kappa shape index (κ3) is 19.6. The van der Waals surface area contributed by atoms with Gasteiger partial charge in [-0.2, -0.15) is 11.8 Å². The average molecular weight is 987 g/mol. The lowest BCUT2D eigenvalue weighted by atomic mass is 9.94. The third-order valence-corrected chi connectivity index (χ3v) is 12.9. The van der Waals surface area contributed by atoms with Gasteiger partial charge in [0.15, 0.2) is 0 Å². The molecule has 1 aromatic rings. The number of nitrogens with one attached hydrogen (secondary N) is 6. The molecule has 11 unspecified atom stereocenters. The van der Waals surface area contributed by atoms with E-state index in [2.05, 4.69) is 31.9 Å². The molecule has 2 rings (SSSR count). The lowest BCUT2D eigenvalue weighted by Gasteiger charge is -2.29. The van der Waals surface area contributed by atoms with Gasteiger partial charge in [0.1, 0.15) is 36.3 Å². The number of likely N-dealkylation sites (N-methyl/N-ethyl adjacent to an activating group) is 1. The number of benzene rings is 1. The Hall–Kier alpha value is -5.80. The molecule has 0 radical (unpaired) electrons. The van der Waals surface area contributed by atoms with Gasteiger partial charge in [0.25, 0.3) is 0 Å². The SMILES string of the molecule is COC(Cc1ccccc1)C(C)/C=C(C)/C=C/C1NC(=O)C(C)NC(=O)C(C)C(C(=O)O)NC(=O)C(CC(C)C)NC(=O)C(C)NC(=O)C(CSCCN)N(C)C(=O)CCC(C(=O)O)NC(=O)C1C. The molecule has 69 heavy (non-hydrogen) atoms. The zero-order chi connectivity index (χ0) is 52.1. The fourth-order valence-electron chi connectivity index (χ4n) is 7.37. The van der Waals surface area contributed by atoms with E-state index in [9.17, 15) is 53.4 Å². The van der Waals surface area contributed by atoms with Crippen LogP contribution in [0, 0.1) is 23.7 Å². The van der Waals surface area contributed by atoms with Gasteiger partial charge >= 0.3 is 11.9 Å². The maximum atomic E-state index is 13.9. The highest BCUT2D eigenvalue weighted by atomic mass is 32.2. The number of aliphatic carboxylic acids is 2. The second-order valence-electron chi connectivity index (χ2n) is 18.0. The van der Waals surface area contributed by atoms with E-state index >= 15 is 0 Å². The Bertz CT molecular complexity index is 2000. The molecule has 20 nitrogen and oxygen atoms in total. The fourth-order valence-corrected chi connectivity index (χ4v) is 8.30. The van der Waals surface area contributed by atoms with E-state index in [-0.39, 0.29) is 43.1 Å². The van der Waals surface area contributed by atoms with Gasteiger partial charge in [-0.3, -0.25) is 33.6 Å². The molecule has 7 amide bonds. The quantitative estimate of drug-likeness (QED) is 0.0880. The van der Waals surface area contributed by atoms with Gasteiger partial charge < -0.3 is 57.5 Å². The minimum Gasteiger partial charge on any atom is -0.480 e. The number of carbonyl (C=O) groups excluding carboxylic acids is 7. The summed E-state index contributed by atoms with van der Waals surface area (Å²) in [6.07, 6.45) is 4.87. The number of ether oxygens (including phenoxy) is 1. The zero-order valence-electron chi connectivity index (χ0n) is 41.4. The molecule has 11 atom stereocenters. The van der Waals surface area contributed by atoms with Crippen LogP contribution in [0.4, 0.5) is 0 Å². The predicted octanol–water partition coefficient (Wildman–Crippen LogP) is 1.13. The van der Waals surface area contributed by atoms with Crippen LogP contribution in [0.1, 0.15) is 80.2 Å². The topological polar surface area (TPSA) is 305 Å². The average Bonchev–Trinajstić information content (AvgIpc) is 3.29. The van der Waals surface area contributed by atoms with Crippen molar-refractivity contribution in [1.29, 1.82) is 0 Å². The largest absolute Gasteiger partial charge is 0.480 e. The molecule has 384 valence electrons. The van der Waals surface area contributed by atoms with Crippen molar-refractivity contribution in [2.75, 3.05) is 32.2 Å². The molecule has 0 saturated carbocycles. The van der Waals surface area contributed by atoms with Crippen molar-refractivity contribution in [2.45, 2.75) is 129 Å². The number of hydrogen-bond acceptors (Lipinski definition) is 12. The van der Waals surface area contributed by atoms with Crippen molar-refractivity contribution < 1.29 is 58.1 Å². The van der Waals surface area contributed by atoms with Crippen molar-refractivity contribution in [2.24, 2.45) is 29.4 Å². The molecule has 10 N–H and O–H groups in total. The number of rotatable bonds is 15. The van der Waals surface area contributed by atoms with E-state index in [0.717, 1.165) is 16.0 Å². The molecule has 0 bridgehead atoms. The minimum atomic E-state index is -1.82. The molecule has 1 aromatic carbocycles. The molecule has 1 aliphatic heterocycles. The summed E-state index contributed by atoms with van der Waals surface area (Å²) in [5.74, 6) is -11.1. The highest BCUT2D eigenvalue weighted by molar-refractivity contribution is 7.99. The maximum absolute atomic E-state index is 13.9. The number of carbonyl (C=O) groups is 9. The van der Waals surface area contributed by atoms with Crippen molar-refractivity contribution in [1.82, 2.24) is 36.8 Å². The first-order chi connectivity index (χ1) is 32.4. The number of nitrogens with two attached hydrogens (primary N) is 1. The predicted molar refractivity (Wildman–Crippen MR) is 261 cm³/mol. The lowest BCUT2D eigenvalue weighted by Crippen LogP contribution is -2.59. The van der Waals surface area contributed by atoms with Crippen LogP contribution in [0.5, 0.6) is 0 Å². The Labute approximate surface area is 409 Å².